The average molecular weight is 543 g/mol. The topological polar surface area (TPSA) is 97.6 Å². The molecule has 0 radical (unpaired) electrons. The molecule has 15 heteroatoms. The molecule has 39 heavy (non-hydrogen) atoms. The van der Waals surface area contributed by atoms with Crippen LogP contribution in [0, 0.1) is 18.6 Å². The number of carbonyl (C=O) groups is 2. The minimum atomic E-state index is -5.00. The summed E-state index contributed by atoms with van der Waals surface area (Å²) in [6.07, 6.45) is -3.55. The first kappa shape index (κ1) is 27.6. The maximum absolute atomic E-state index is 15.8. The van der Waals surface area contributed by atoms with Crippen LogP contribution in [0.15, 0.2) is 48.7 Å². The number of aromatic nitrogens is 3. The molecule has 4 aromatic rings. The summed E-state index contributed by atoms with van der Waals surface area (Å²) in [6.45, 7) is 2.94. The molecule has 0 aliphatic heterocycles. The standard InChI is InChI=1S/C24H20B2F5N5O3/c1-11-3-5-14(21(28)20(11)17-7-8-19-33-18(32-12(2)37)10-36(19)35-17)22(38)34-23(25,26)15-9-13(4-6-16(15)27)39-24(29,30)31/h3-10H,25-26H2,1-2H3,(H,32,37)(H,34,38). The highest BCUT2D eigenvalue weighted by Gasteiger charge is 2.33. The highest BCUT2D eigenvalue weighted by Crippen LogP contribution is 2.30. The lowest BCUT2D eigenvalue weighted by molar-refractivity contribution is -0.274. The number of nitrogens with one attached hydrogen (secondary N) is 2. The van der Waals surface area contributed by atoms with E-state index >= 15 is 4.39 Å². The van der Waals surface area contributed by atoms with Crippen molar-refractivity contribution in [3.63, 3.8) is 0 Å². The van der Waals surface area contributed by atoms with E-state index < -0.39 is 40.6 Å². The summed E-state index contributed by atoms with van der Waals surface area (Å²) in [7, 11) is 2.71. The lowest BCUT2D eigenvalue weighted by Gasteiger charge is -2.28. The van der Waals surface area contributed by atoms with E-state index in [0.717, 1.165) is 18.2 Å². The van der Waals surface area contributed by atoms with Gasteiger partial charge in [0.15, 0.2) is 11.5 Å². The number of anilines is 1. The molecule has 0 atom stereocenters. The normalized spacial score (nSPS) is 11.9. The van der Waals surface area contributed by atoms with Gasteiger partial charge in [0.05, 0.1) is 17.5 Å². The predicted molar refractivity (Wildman–Crippen MR) is 137 cm³/mol. The van der Waals surface area contributed by atoms with Gasteiger partial charge in [-0.2, -0.15) is 5.10 Å². The Labute approximate surface area is 220 Å². The van der Waals surface area contributed by atoms with E-state index in [4.69, 9.17) is 0 Å². The molecule has 0 spiro atoms. The number of rotatable bonds is 6. The monoisotopic (exact) mass is 543 g/mol. The van der Waals surface area contributed by atoms with Gasteiger partial charge >= 0.3 is 6.36 Å². The molecule has 2 N–H and O–H groups in total. The van der Waals surface area contributed by atoms with Gasteiger partial charge in [-0.3, -0.25) is 9.59 Å². The molecule has 4 rings (SSSR count). The molecule has 0 saturated carbocycles. The van der Waals surface area contributed by atoms with Crippen LogP contribution in [-0.2, 0) is 10.1 Å². The number of alkyl halides is 3. The Morgan fingerprint density at radius 1 is 1.05 bits per heavy atom. The van der Waals surface area contributed by atoms with Crippen molar-refractivity contribution in [2.45, 2.75) is 25.5 Å². The molecule has 2 amide bonds. The molecule has 2 aromatic heterocycles. The van der Waals surface area contributed by atoms with Crippen molar-refractivity contribution < 1.29 is 36.3 Å². The lowest BCUT2D eigenvalue weighted by atomic mass is 9.58. The summed E-state index contributed by atoms with van der Waals surface area (Å²) < 4.78 is 73.4. The second kappa shape index (κ2) is 10.0. The number of nitrogens with zero attached hydrogens (tertiary/aromatic N) is 3. The molecule has 0 unspecified atom stereocenters. The number of imidazole rings is 1. The third-order valence-corrected chi connectivity index (χ3v) is 5.75. The van der Waals surface area contributed by atoms with Gasteiger partial charge < -0.3 is 15.4 Å². The average Bonchev–Trinajstić information content (AvgIpc) is 3.19. The van der Waals surface area contributed by atoms with Crippen LogP contribution in [0.4, 0.5) is 27.8 Å². The zero-order chi connectivity index (χ0) is 28.7. The number of hydrogen-bond donors (Lipinski definition) is 2. The molecule has 2 heterocycles. The van der Waals surface area contributed by atoms with E-state index in [1.54, 1.807) is 13.0 Å². The van der Waals surface area contributed by atoms with E-state index in [1.165, 1.54) is 51.5 Å². The summed E-state index contributed by atoms with van der Waals surface area (Å²) >= 11 is 0. The number of carbonyl (C=O) groups excluding carboxylic acids is 2. The summed E-state index contributed by atoms with van der Waals surface area (Å²) in [4.78, 5) is 28.6. The Balaban J connectivity index is 1.67. The molecular weight excluding hydrogens is 523 g/mol. The van der Waals surface area contributed by atoms with E-state index in [2.05, 4.69) is 25.5 Å². The first-order valence-electron chi connectivity index (χ1n) is 11.5. The first-order valence-corrected chi connectivity index (χ1v) is 11.5. The number of ether oxygens (including phenoxy) is 1. The number of amides is 2. The van der Waals surface area contributed by atoms with Crippen LogP contribution in [0.25, 0.3) is 16.9 Å². The summed E-state index contributed by atoms with van der Waals surface area (Å²) in [5, 5.41) is 7.79. The Kier molecular flexibility index (Phi) is 7.11. The van der Waals surface area contributed by atoms with Gasteiger partial charge in [-0.25, -0.2) is 18.3 Å². The van der Waals surface area contributed by atoms with Crippen LogP contribution in [0.5, 0.6) is 5.75 Å². The number of hydrogen-bond acceptors (Lipinski definition) is 5. The largest absolute Gasteiger partial charge is 0.573 e. The zero-order valence-corrected chi connectivity index (χ0v) is 21.1. The number of fused-ring (bicyclic) bond motifs is 1. The van der Waals surface area contributed by atoms with Crippen LogP contribution in [-0.4, -0.2) is 48.5 Å². The van der Waals surface area contributed by atoms with Gasteiger partial charge in [-0.1, -0.05) is 6.07 Å². The molecule has 2 aromatic carbocycles. The number of benzene rings is 2. The Morgan fingerprint density at radius 3 is 2.44 bits per heavy atom. The Hall–Kier alpha value is -4.42. The summed E-state index contributed by atoms with van der Waals surface area (Å²) in [5.41, 5.74) is 0.339. The fraction of sp³-hybridized carbons (Fsp3) is 0.167. The molecule has 0 aliphatic rings. The minimum Gasteiger partial charge on any atom is -0.406 e. The van der Waals surface area contributed by atoms with Crippen molar-refractivity contribution in [2.24, 2.45) is 0 Å². The van der Waals surface area contributed by atoms with E-state index in [-0.39, 0.29) is 28.5 Å². The second-order valence-corrected chi connectivity index (χ2v) is 9.22. The molecule has 0 saturated heterocycles. The Bertz CT molecular complexity index is 1610. The van der Waals surface area contributed by atoms with Crippen LogP contribution in [0.2, 0.25) is 0 Å². The van der Waals surface area contributed by atoms with Gasteiger partial charge in [-0.15, -0.1) is 13.2 Å². The van der Waals surface area contributed by atoms with Gasteiger partial charge in [0.2, 0.25) is 5.91 Å². The van der Waals surface area contributed by atoms with Crippen molar-refractivity contribution >= 4 is 39.0 Å². The van der Waals surface area contributed by atoms with Gasteiger partial charge in [0.1, 0.15) is 33.1 Å². The fourth-order valence-electron chi connectivity index (χ4n) is 4.02. The molecular formula is C24H20B2F5N5O3. The minimum absolute atomic E-state index is 0.0175. The van der Waals surface area contributed by atoms with Crippen LogP contribution in [0.3, 0.4) is 0 Å². The molecule has 200 valence electrons. The van der Waals surface area contributed by atoms with Crippen molar-refractivity contribution in [1.82, 2.24) is 19.9 Å². The third-order valence-electron chi connectivity index (χ3n) is 5.75. The zero-order valence-electron chi connectivity index (χ0n) is 21.1. The first-order chi connectivity index (χ1) is 18.1. The molecule has 0 fully saturated rings. The Morgan fingerprint density at radius 2 is 1.77 bits per heavy atom. The predicted octanol–water partition coefficient (Wildman–Crippen LogP) is 2.65. The molecule has 8 nitrogen and oxygen atoms in total. The second-order valence-electron chi connectivity index (χ2n) is 9.22. The van der Waals surface area contributed by atoms with Crippen molar-refractivity contribution in [1.29, 1.82) is 0 Å². The molecule has 0 bridgehead atoms. The van der Waals surface area contributed by atoms with E-state index in [0.29, 0.717) is 11.2 Å². The summed E-state index contributed by atoms with van der Waals surface area (Å²) in [5.74, 6) is -3.49. The quantitative estimate of drug-likeness (QED) is 0.288. The van der Waals surface area contributed by atoms with Gasteiger partial charge in [0.25, 0.3) is 5.91 Å². The number of halogens is 5. The summed E-state index contributed by atoms with van der Waals surface area (Å²) in [6, 6.07) is 8.20. The maximum atomic E-state index is 15.8. The van der Waals surface area contributed by atoms with Crippen LogP contribution in [0.1, 0.15) is 28.4 Å². The lowest BCUT2D eigenvalue weighted by Crippen LogP contribution is -2.48. The van der Waals surface area contributed by atoms with E-state index in [9.17, 15) is 27.2 Å². The SMILES string of the molecule is BC(B)(NC(=O)c1ccc(C)c(-c2ccc3nc(NC(C)=O)cn3n2)c1F)c1cc(OC(F)(F)F)ccc1F. The van der Waals surface area contributed by atoms with E-state index in [1.807, 2.05) is 0 Å². The molecule has 0 aliphatic carbocycles. The van der Waals surface area contributed by atoms with Crippen LogP contribution < -0.4 is 15.4 Å². The smallest absolute Gasteiger partial charge is 0.406 e. The maximum Gasteiger partial charge on any atom is 0.573 e. The number of aryl methyl sites for hydroxylation is 1. The van der Waals surface area contributed by atoms with Crippen LogP contribution >= 0.6 is 0 Å². The third kappa shape index (κ3) is 6.02. The fourth-order valence-corrected chi connectivity index (χ4v) is 4.02. The highest BCUT2D eigenvalue weighted by molar-refractivity contribution is 6.41. The van der Waals surface area contributed by atoms with Gasteiger partial charge in [-0.05, 0) is 54.4 Å². The van der Waals surface area contributed by atoms with Crippen molar-refractivity contribution in [3.8, 4) is 17.0 Å². The van der Waals surface area contributed by atoms with Crippen molar-refractivity contribution in [3.05, 3.63) is 77.0 Å². The highest BCUT2D eigenvalue weighted by atomic mass is 19.4. The van der Waals surface area contributed by atoms with Gasteiger partial charge in [0, 0.05) is 17.8 Å². The van der Waals surface area contributed by atoms with Crippen molar-refractivity contribution in [2.75, 3.05) is 5.32 Å².